The number of carboxylic acids is 1. The van der Waals surface area contributed by atoms with Crippen molar-refractivity contribution in [1.29, 1.82) is 0 Å². The number of benzene rings is 1. The van der Waals surface area contributed by atoms with Crippen LogP contribution in [-0.4, -0.2) is 17.6 Å². The van der Waals surface area contributed by atoms with Crippen molar-refractivity contribution in [1.82, 2.24) is 5.32 Å². The molecular formula is C12H15NO2. The zero-order valence-corrected chi connectivity index (χ0v) is 8.73. The number of hydrogen-bond donors (Lipinski definition) is 2. The lowest BCUT2D eigenvalue weighted by atomic mass is 10.1. The first kappa shape index (κ1) is 11.3. The molecule has 0 atom stereocenters. The van der Waals surface area contributed by atoms with Crippen LogP contribution in [0.5, 0.6) is 0 Å². The van der Waals surface area contributed by atoms with Crippen molar-refractivity contribution in [3.8, 4) is 0 Å². The summed E-state index contributed by atoms with van der Waals surface area (Å²) in [6.45, 7) is 2.80. The normalized spacial score (nSPS) is 10.5. The van der Waals surface area contributed by atoms with E-state index in [9.17, 15) is 4.79 Å². The monoisotopic (exact) mass is 205 g/mol. The average molecular weight is 205 g/mol. The standard InChI is InChI=1S/C12H15NO2/c1-10-3-2-4-11(9-10)5-7-13-8-6-12(14)15/h2-4,6,8-9,13H,5,7H2,1H3,(H,14,15)/b8-6+. The predicted molar refractivity (Wildman–Crippen MR) is 59.7 cm³/mol. The fraction of sp³-hybridized carbons (Fsp3) is 0.250. The van der Waals surface area contributed by atoms with Gasteiger partial charge in [-0.05, 0) is 18.9 Å². The van der Waals surface area contributed by atoms with Crippen LogP contribution in [0.2, 0.25) is 0 Å². The van der Waals surface area contributed by atoms with Crippen LogP contribution >= 0.6 is 0 Å². The summed E-state index contributed by atoms with van der Waals surface area (Å²) < 4.78 is 0. The highest BCUT2D eigenvalue weighted by Crippen LogP contribution is 2.03. The van der Waals surface area contributed by atoms with E-state index in [-0.39, 0.29) is 0 Å². The van der Waals surface area contributed by atoms with Crippen LogP contribution in [0.1, 0.15) is 11.1 Å². The highest BCUT2D eigenvalue weighted by Gasteiger charge is 1.91. The van der Waals surface area contributed by atoms with Gasteiger partial charge in [-0.25, -0.2) is 4.79 Å². The number of rotatable bonds is 5. The molecule has 0 aliphatic heterocycles. The highest BCUT2D eigenvalue weighted by molar-refractivity contribution is 5.79. The van der Waals surface area contributed by atoms with Gasteiger partial charge in [0.1, 0.15) is 0 Å². The van der Waals surface area contributed by atoms with Crippen LogP contribution in [0, 0.1) is 6.92 Å². The van der Waals surface area contributed by atoms with E-state index in [0.717, 1.165) is 19.0 Å². The maximum Gasteiger partial charge on any atom is 0.329 e. The van der Waals surface area contributed by atoms with E-state index >= 15 is 0 Å². The van der Waals surface area contributed by atoms with E-state index in [1.807, 2.05) is 6.07 Å². The Morgan fingerprint density at radius 1 is 1.53 bits per heavy atom. The summed E-state index contributed by atoms with van der Waals surface area (Å²) in [5.41, 5.74) is 2.50. The molecule has 1 aromatic carbocycles. The first-order valence-corrected chi connectivity index (χ1v) is 4.87. The van der Waals surface area contributed by atoms with E-state index in [2.05, 4.69) is 30.4 Å². The molecule has 15 heavy (non-hydrogen) atoms. The molecule has 2 N–H and O–H groups in total. The summed E-state index contributed by atoms with van der Waals surface area (Å²) in [4.78, 5) is 10.2. The zero-order chi connectivity index (χ0) is 11.1. The second-order valence-corrected chi connectivity index (χ2v) is 3.36. The molecule has 0 spiro atoms. The third-order valence-corrected chi connectivity index (χ3v) is 1.98. The molecule has 0 bridgehead atoms. The van der Waals surface area contributed by atoms with Gasteiger partial charge in [0.25, 0.3) is 0 Å². The van der Waals surface area contributed by atoms with Crippen molar-refractivity contribution in [3.63, 3.8) is 0 Å². The van der Waals surface area contributed by atoms with Crippen LogP contribution in [0.25, 0.3) is 0 Å². The molecular weight excluding hydrogens is 190 g/mol. The number of aryl methyl sites for hydroxylation is 1. The number of carbonyl (C=O) groups is 1. The quantitative estimate of drug-likeness (QED) is 0.568. The molecule has 0 aromatic heterocycles. The van der Waals surface area contributed by atoms with Crippen molar-refractivity contribution in [2.24, 2.45) is 0 Å². The van der Waals surface area contributed by atoms with Gasteiger partial charge in [0.05, 0.1) is 0 Å². The number of aliphatic carboxylic acids is 1. The van der Waals surface area contributed by atoms with Gasteiger partial charge in [0.2, 0.25) is 0 Å². The van der Waals surface area contributed by atoms with Gasteiger partial charge in [-0.3, -0.25) is 0 Å². The minimum Gasteiger partial charge on any atom is -0.478 e. The van der Waals surface area contributed by atoms with Gasteiger partial charge in [-0.1, -0.05) is 29.8 Å². The Hall–Kier alpha value is -1.77. The topological polar surface area (TPSA) is 49.3 Å². The first-order valence-electron chi connectivity index (χ1n) is 4.87. The van der Waals surface area contributed by atoms with Gasteiger partial charge in [-0.2, -0.15) is 0 Å². The third kappa shape index (κ3) is 4.86. The minimum atomic E-state index is -0.932. The molecule has 0 heterocycles. The fourth-order valence-electron chi connectivity index (χ4n) is 1.30. The SMILES string of the molecule is Cc1cccc(CCN/C=C/C(=O)O)c1. The molecule has 0 saturated heterocycles. The predicted octanol–water partition coefficient (Wildman–Crippen LogP) is 1.73. The Bertz CT molecular complexity index is 358. The van der Waals surface area contributed by atoms with Gasteiger partial charge < -0.3 is 10.4 Å². The lowest BCUT2D eigenvalue weighted by molar-refractivity contribution is -0.131. The lowest BCUT2D eigenvalue weighted by Gasteiger charge is -2.02. The summed E-state index contributed by atoms with van der Waals surface area (Å²) in [7, 11) is 0. The van der Waals surface area contributed by atoms with E-state index in [4.69, 9.17) is 5.11 Å². The van der Waals surface area contributed by atoms with E-state index in [0.29, 0.717) is 0 Å². The van der Waals surface area contributed by atoms with Crippen molar-refractivity contribution in [3.05, 3.63) is 47.7 Å². The van der Waals surface area contributed by atoms with Crippen molar-refractivity contribution < 1.29 is 9.90 Å². The van der Waals surface area contributed by atoms with Gasteiger partial charge in [-0.15, -0.1) is 0 Å². The fourth-order valence-corrected chi connectivity index (χ4v) is 1.30. The molecule has 0 aliphatic rings. The smallest absolute Gasteiger partial charge is 0.329 e. The van der Waals surface area contributed by atoms with Gasteiger partial charge in [0, 0.05) is 18.8 Å². The molecule has 0 radical (unpaired) electrons. The summed E-state index contributed by atoms with van der Waals surface area (Å²) in [5, 5.41) is 11.3. The second kappa shape index (κ2) is 5.86. The molecule has 0 unspecified atom stereocenters. The van der Waals surface area contributed by atoms with Crippen LogP contribution in [0.3, 0.4) is 0 Å². The van der Waals surface area contributed by atoms with Crippen LogP contribution in [0.4, 0.5) is 0 Å². The van der Waals surface area contributed by atoms with E-state index < -0.39 is 5.97 Å². The van der Waals surface area contributed by atoms with E-state index in [1.54, 1.807) is 0 Å². The van der Waals surface area contributed by atoms with Gasteiger partial charge in [0.15, 0.2) is 0 Å². The maximum atomic E-state index is 10.2. The molecule has 3 heteroatoms. The molecule has 0 aliphatic carbocycles. The van der Waals surface area contributed by atoms with Crippen LogP contribution in [-0.2, 0) is 11.2 Å². The molecule has 0 fully saturated rings. The molecule has 1 rings (SSSR count). The van der Waals surface area contributed by atoms with E-state index in [1.165, 1.54) is 17.3 Å². The molecule has 1 aromatic rings. The summed E-state index contributed by atoms with van der Waals surface area (Å²) in [5.74, 6) is -0.932. The van der Waals surface area contributed by atoms with Crippen molar-refractivity contribution >= 4 is 5.97 Å². The van der Waals surface area contributed by atoms with Crippen LogP contribution in [0.15, 0.2) is 36.5 Å². The molecule has 0 amide bonds. The average Bonchev–Trinajstić information content (AvgIpc) is 2.17. The summed E-state index contributed by atoms with van der Waals surface area (Å²) in [6, 6.07) is 8.27. The Kier molecular flexibility index (Phi) is 4.41. The minimum absolute atomic E-state index is 0.743. The Morgan fingerprint density at radius 2 is 2.33 bits per heavy atom. The third-order valence-electron chi connectivity index (χ3n) is 1.98. The Balaban J connectivity index is 2.29. The zero-order valence-electron chi connectivity index (χ0n) is 8.73. The second-order valence-electron chi connectivity index (χ2n) is 3.36. The largest absolute Gasteiger partial charge is 0.478 e. The first-order chi connectivity index (χ1) is 7.18. The van der Waals surface area contributed by atoms with Crippen LogP contribution < -0.4 is 5.32 Å². The number of nitrogens with one attached hydrogen (secondary N) is 1. The Morgan fingerprint density at radius 3 is 3.00 bits per heavy atom. The van der Waals surface area contributed by atoms with Crippen molar-refractivity contribution in [2.45, 2.75) is 13.3 Å². The molecule has 3 nitrogen and oxygen atoms in total. The Labute approximate surface area is 89.4 Å². The highest BCUT2D eigenvalue weighted by atomic mass is 16.4. The number of hydrogen-bond acceptors (Lipinski definition) is 2. The van der Waals surface area contributed by atoms with Crippen molar-refractivity contribution in [2.75, 3.05) is 6.54 Å². The number of carboxylic acid groups (broad SMARTS) is 1. The summed E-state index contributed by atoms with van der Waals surface area (Å²) >= 11 is 0. The molecule has 0 saturated carbocycles. The lowest BCUT2D eigenvalue weighted by Crippen LogP contribution is -2.10. The van der Waals surface area contributed by atoms with Gasteiger partial charge >= 0.3 is 5.97 Å². The summed E-state index contributed by atoms with van der Waals surface area (Å²) in [6.07, 6.45) is 3.44. The maximum absolute atomic E-state index is 10.2. The molecule has 80 valence electrons.